The lowest BCUT2D eigenvalue weighted by Gasteiger charge is -2.15. The molecule has 0 bridgehead atoms. The summed E-state index contributed by atoms with van der Waals surface area (Å²) in [5, 5.41) is 9.58. The first-order valence-electron chi connectivity index (χ1n) is 25.3. The van der Waals surface area contributed by atoms with Gasteiger partial charge in [0.05, 0.1) is 6.61 Å². The average molecular weight is 847 g/mol. The molecular weight excluding hydrogens is 753 g/mol. The number of ether oxygens (including phenoxy) is 2. The predicted octanol–water partition coefficient (Wildman–Crippen LogP) is 16.8. The summed E-state index contributed by atoms with van der Waals surface area (Å²) in [6, 6.07) is 0. The SMILES string of the molecule is CC/C=C\C/C=C\C/C=C\C/C=C\C/C=C\C/C=C\C/C=C\CCCCCCCCCCCCCCCCCC(=O)OC(CO)COC(=O)CCCCCCC/C=C\CCC. The van der Waals surface area contributed by atoms with E-state index in [1.165, 1.54) is 103 Å². The highest BCUT2D eigenvalue weighted by molar-refractivity contribution is 5.70. The van der Waals surface area contributed by atoms with Crippen molar-refractivity contribution in [2.24, 2.45) is 0 Å². The highest BCUT2D eigenvalue weighted by Gasteiger charge is 2.16. The molecule has 5 nitrogen and oxygen atoms in total. The van der Waals surface area contributed by atoms with Crippen LogP contribution in [0.3, 0.4) is 0 Å². The summed E-state index contributed by atoms with van der Waals surface area (Å²) in [5.74, 6) is -0.605. The first-order chi connectivity index (χ1) is 30.1. The van der Waals surface area contributed by atoms with Gasteiger partial charge in [0.25, 0.3) is 0 Å². The van der Waals surface area contributed by atoms with Crippen LogP contribution in [0.15, 0.2) is 97.2 Å². The summed E-state index contributed by atoms with van der Waals surface area (Å²) in [6.45, 7) is 3.95. The zero-order valence-corrected chi connectivity index (χ0v) is 39.6. The molecule has 0 saturated carbocycles. The zero-order valence-electron chi connectivity index (χ0n) is 39.6. The van der Waals surface area contributed by atoms with E-state index in [0.717, 1.165) is 96.3 Å². The molecule has 0 fully saturated rings. The molecule has 0 aromatic rings. The van der Waals surface area contributed by atoms with Gasteiger partial charge in [-0.2, -0.15) is 0 Å². The lowest BCUT2D eigenvalue weighted by atomic mass is 10.0. The molecule has 0 heterocycles. The van der Waals surface area contributed by atoms with Crippen molar-refractivity contribution in [2.75, 3.05) is 13.2 Å². The molecule has 0 saturated heterocycles. The second-order valence-electron chi connectivity index (χ2n) is 16.5. The monoisotopic (exact) mass is 847 g/mol. The van der Waals surface area contributed by atoms with Gasteiger partial charge in [-0.25, -0.2) is 0 Å². The molecule has 0 rings (SSSR count). The maximum Gasteiger partial charge on any atom is 0.306 e. The maximum absolute atomic E-state index is 12.2. The highest BCUT2D eigenvalue weighted by atomic mass is 16.6. The lowest BCUT2D eigenvalue weighted by Crippen LogP contribution is -2.28. The van der Waals surface area contributed by atoms with Crippen molar-refractivity contribution < 1.29 is 24.2 Å². The number of carbonyl (C=O) groups excluding carboxylic acids is 2. The Morgan fingerprint density at radius 3 is 1.08 bits per heavy atom. The Labute approximate surface area is 377 Å². The quantitative estimate of drug-likeness (QED) is 0.0375. The van der Waals surface area contributed by atoms with E-state index >= 15 is 0 Å². The normalized spacial score (nSPS) is 13.0. The summed E-state index contributed by atoms with van der Waals surface area (Å²) >= 11 is 0. The van der Waals surface area contributed by atoms with Crippen molar-refractivity contribution in [1.82, 2.24) is 0 Å². The topological polar surface area (TPSA) is 72.8 Å². The number of hydrogen-bond acceptors (Lipinski definition) is 5. The van der Waals surface area contributed by atoms with Crippen molar-refractivity contribution in [2.45, 2.75) is 232 Å². The van der Waals surface area contributed by atoms with Crippen LogP contribution in [-0.4, -0.2) is 36.4 Å². The van der Waals surface area contributed by atoms with E-state index in [1.54, 1.807) is 0 Å². The second kappa shape index (κ2) is 51.2. The van der Waals surface area contributed by atoms with E-state index < -0.39 is 6.10 Å². The fourth-order valence-corrected chi connectivity index (χ4v) is 6.83. The largest absolute Gasteiger partial charge is 0.462 e. The number of rotatable bonds is 45. The van der Waals surface area contributed by atoms with Crippen molar-refractivity contribution in [3.63, 3.8) is 0 Å². The lowest BCUT2D eigenvalue weighted by molar-refractivity contribution is -0.161. The van der Waals surface area contributed by atoms with Crippen LogP contribution in [0.25, 0.3) is 0 Å². The molecule has 61 heavy (non-hydrogen) atoms. The van der Waals surface area contributed by atoms with Gasteiger partial charge >= 0.3 is 11.9 Å². The molecule has 0 aliphatic heterocycles. The molecule has 0 aliphatic carbocycles. The van der Waals surface area contributed by atoms with Crippen LogP contribution in [0.1, 0.15) is 226 Å². The smallest absolute Gasteiger partial charge is 0.306 e. The Morgan fingerprint density at radius 2 is 0.705 bits per heavy atom. The van der Waals surface area contributed by atoms with Crippen molar-refractivity contribution in [3.8, 4) is 0 Å². The number of aliphatic hydroxyl groups excluding tert-OH is 1. The third-order valence-electron chi connectivity index (χ3n) is 10.6. The minimum atomic E-state index is -0.777. The Morgan fingerprint density at radius 1 is 0.393 bits per heavy atom. The fourth-order valence-electron chi connectivity index (χ4n) is 6.83. The molecule has 1 atom stereocenters. The second-order valence-corrected chi connectivity index (χ2v) is 16.5. The van der Waals surface area contributed by atoms with E-state index in [0.29, 0.717) is 12.8 Å². The van der Waals surface area contributed by atoms with Crippen LogP contribution in [0.4, 0.5) is 0 Å². The minimum absolute atomic E-state index is 0.0725. The first kappa shape index (κ1) is 57.8. The van der Waals surface area contributed by atoms with Crippen molar-refractivity contribution in [3.05, 3.63) is 97.2 Å². The van der Waals surface area contributed by atoms with Gasteiger partial charge in [0.1, 0.15) is 6.61 Å². The number of allylic oxidation sites excluding steroid dienone is 16. The summed E-state index contributed by atoms with van der Waals surface area (Å²) < 4.78 is 10.6. The Kier molecular flexibility index (Phi) is 48.5. The Hall–Kier alpha value is -3.18. The molecule has 1 unspecified atom stereocenters. The standard InChI is InChI=1S/C56H94O5/c1-3-5-7-9-11-13-15-16-17-18-19-20-21-22-23-24-25-26-27-28-29-30-31-32-33-34-35-36-37-38-39-40-41-43-45-47-49-51-56(59)61-54(52-57)53-60-55(58)50-48-46-44-42-14-12-10-8-6-4-2/h5,7-8,10-11,13,16-17,19-20,22-23,25-26,28-29,54,57H,3-4,6,9,12,14-15,18,21,24,27,30-53H2,1-2H3/b7-5-,10-8-,13-11-,17-16-,20-19-,23-22-,26-25-,29-28-. The van der Waals surface area contributed by atoms with Crippen LogP contribution >= 0.6 is 0 Å². The van der Waals surface area contributed by atoms with Crippen LogP contribution in [0, 0.1) is 0 Å². The predicted molar refractivity (Wildman–Crippen MR) is 265 cm³/mol. The molecule has 0 aromatic carbocycles. The van der Waals surface area contributed by atoms with Crippen molar-refractivity contribution in [1.29, 1.82) is 0 Å². The molecule has 0 amide bonds. The van der Waals surface area contributed by atoms with Crippen LogP contribution in [-0.2, 0) is 19.1 Å². The third kappa shape index (κ3) is 49.4. The number of hydrogen-bond donors (Lipinski definition) is 1. The van der Waals surface area contributed by atoms with Gasteiger partial charge < -0.3 is 14.6 Å². The zero-order chi connectivity index (χ0) is 44.2. The van der Waals surface area contributed by atoms with E-state index in [2.05, 4.69) is 111 Å². The Balaban J connectivity index is 3.49. The molecule has 1 N–H and O–H groups in total. The summed E-state index contributed by atoms with van der Waals surface area (Å²) in [6.07, 6.45) is 72.4. The van der Waals surface area contributed by atoms with Crippen LogP contribution in [0.2, 0.25) is 0 Å². The van der Waals surface area contributed by atoms with E-state index in [4.69, 9.17) is 9.47 Å². The molecule has 0 radical (unpaired) electrons. The fraction of sp³-hybridized carbons (Fsp3) is 0.679. The molecule has 0 aliphatic rings. The summed E-state index contributed by atoms with van der Waals surface area (Å²) in [4.78, 5) is 24.3. The Bertz CT molecular complexity index is 1190. The number of unbranched alkanes of at least 4 members (excludes halogenated alkanes) is 21. The molecule has 5 heteroatoms. The summed E-state index contributed by atoms with van der Waals surface area (Å²) in [5.41, 5.74) is 0. The maximum atomic E-state index is 12.2. The molecular formula is C56H94O5. The van der Waals surface area contributed by atoms with Crippen LogP contribution in [0.5, 0.6) is 0 Å². The van der Waals surface area contributed by atoms with Gasteiger partial charge in [-0.15, -0.1) is 0 Å². The van der Waals surface area contributed by atoms with Gasteiger partial charge in [-0.1, -0.05) is 220 Å². The van der Waals surface area contributed by atoms with Gasteiger partial charge in [0, 0.05) is 12.8 Å². The van der Waals surface area contributed by atoms with Gasteiger partial charge in [0.15, 0.2) is 6.10 Å². The average Bonchev–Trinajstić information content (AvgIpc) is 3.26. The third-order valence-corrected chi connectivity index (χ3v) is 10.6. The van der Waals surface area contributed by atoms with Gasteiger partial charge in [0.2, 0.25) is 0 Å². The molecule has 0 aromatic heterocycles. The van der Waals surface area contributed by atoms with E-state index in [1.807, 2.05) is 0 Å². The number of carbonyl (C=O) groups is 2. The van der Waals surface area contributed by atoms with Gasteiger partial charge in [-0.3, -0.25) is 9.59 Å². The molecule has 0 spiro atoms. The van der Waals surface area contributed by atoms with Gasteiger partial charge in [-0.05, 0) is 89.9 Å². The summed E-state index contributed by atoms with van der Waals surface area (Å²) in [7, 11) is 0. The minimum Gasteiger partial charge on any atom is -0.462 e. The number of esters is 2. The van der Waals surface area contributed by atoms with E-state index in [9.17, 15) is 14.7 Å². The van der Waals surface area contributed by atoms with Crippen molar-refractivity contribution >= 4 is 11.9 Å². The molecule has 348 valence electrons. The highest BCUT2D eigenvalue weighted by Crippen LogP contribution is 2.15. The number of aliphatic hydroxyl groups is 1. The van der Waals surface area contributed by atoms with Crippen LogP contribution < -0.4 is 0 Å². The first-order valence-corrected chi connectivity index (χ1v) is 25.3. The van der Waals surface area contributed by atoms with E-state index in [-0.39, 0.29) is 25.2 Å².